The highest BCUT2D eigenvalue weighted by Gasteiger charge is 2.38. The van der Waals surface area contributed by atoms with Gasteiger partial charge in [0.25, 0.3) is 0 Å². The molecule has 1 amide bonds. The number of nitrogens with zero attached hydrogens (tertiary/aromatic N) is 1. The first-order valence-corrected chi connectivity index (χ1v) is 10.4. The number of thiophene rings is 1. The summed E-state index contributed by atoms with van der Waals surface area (Å²) in [6.45, 7) is 6.08. The van der Waals surface area contributed by atoms with Crippen molar-refractivity contribution in [3.05, 3.63) is 27.2 Å². The number of carboxylic acid groups (broad SMARTS) is 1. The molecule has 0 aromatic carbocycles. The standard InChI is InChI=1S/C21H26N2O3S/c1-4-13-5-6-14-17(10-22)20(27-18(14)9-13)23-19(24)15-7-11(2)12(3)8-16(15)21(25)26/h13,15-16H,4-9H2,1-3H3,(H,23,24)(H,25,26)/t13-,15-,16-/m1/s1. The SMILES string of the molecule is CC[C@@H]1CCc2c(sc(NC(=O)[C@@H]3CC(C)=C(C)C[C@H]3C(=O)O)c2C#N)C1. The van der Waals surface area contributed by atoms with Gasteiger partial charge in [0.05, 0.1) is 17.4 Å². The highest BCUT2D eigenvalue weighted by molar-refractivity contribution is 7.16. The van der Waals surface area contributed by atoms with Crippen LogP contribution in [0.1, 0.15) is 62.5 Å². The predicted octanol–water partition coefficient (Wildman–Crippen LogP) is 4.52. The zero-order valence-corrected chi connectivity index (χ0v) is 16.9. The van der Waals surface area contributed by atoms with Crippen LogP contribution in [-0.2, 0) is 22.4 Å². The van der Waals surface area contributed by atoms with Crippen LogP contribution >= 0.6 is 11.3 Å². The van der Waals surface area contributed by atoms with E-state index < -0.39 is 17.8 Å². The maximum Gasteiger partial charge on any atom is 0.307 e. The minimum absolute atomic E-state index is 0.281. The molecule has 2 aliphatic carbocycles. The van der Waals surface area contributed by atoms with E-state index in [9.17, 15) is 20.0 Å². The number of hydrogen-bond acceptors (Lipinski definition) is 4. The molecule has 0 saturated heterocycles. The van der Waals surface area contributed by atoms with Crippen molar-refractivity contribution in [2.45, 2.75) is 59.3 Å². The number of nitrogens with one attached hydrogen (secondary N) is 1. The van der Waals surface area contributed by atoms with Gasteiger partial charge in [-0.1, -0.05) is 24.5 Å². The van der Waals surface area contributed by atoms with Gasteiger partial charge in [-0.05, 0) is 57.4 Å². The largest absolute Gasteiger partial charge is 0.481 e. The maximum atomic E-state index is 12.9. The molecule has 3 atom stereocenters. The van der Waals surface area contributed by atoms with Gasteiger partial charge in [-0.3, -0.25) is 9.59 Å². The normalized spacial score (nSPS) is 24.9. The summed E-state index contributed by atoms with van der Waals surface area (Å²) in [6, 6.07) is 2.26. The number of rotatable bonds is 4. The third-order valence-electron chi connectivity index (χ3n) is 6.21. The lowest BCUT2D eigenvalue weighted by molar-refractivity contribution is -0.146. The average Bonchev–Trinajstić information content (AvgIpc) is 2.98. The Balaban J connectivity index is 1.85. The van der Waals surface area contributed by atoms with Crippen molar-refractivity contribution in [2.24, 2.45) is 17.8 Å². The second-order valence-corrected chi connectivity index (χ2v) is 8.95. The lowest BCUT2D eigenvalue weighted by Crippen LogP contribution is -2.36. The van der Waals surface area contributed by atoms with Crippen LogP contribution in [0, 0.1) is 29.1 Å². The van der Waals surface area contributed by atoms with Gasteiger partial charge in [0, 0.05) is 4.88 Å². The van der Waals surface area contributed by atoms with Gasteiger partial charge in [0.2, 0.25) is 5.91 Å². The number of fused-ring (bicyclic) bond motifs is 1. The van der Waals surface area contributed by atoms with E-state index in [0.29, 0.717) is 29.3 Å². The van der Waals surface area contributed by atoms with Crippen molar-refractivity contribution in [1.29, 1.82) is 5.26 Å². The highest BCUT2D eigenvalue weighted by Crippen LogP contribution is 2.41. The van der Waals surface area contributed by atoms with Gasteiger partial charge in [-0.15, -0.1) is 11.3 Å². The smallest absolute Gasteiger partial charge is 0.307 e. The number of allylic oxidation sites excluding steroid dienone is 2. The van der Waals surface area contributed by atoms with Crippen LogP contribution in [0.4, 0.5) is 5.00 Å². The molecule has 1 heterocycles. The Morgan fingerprint density at radius 2 is 1.89 bits per heavy atom. The average molecular weight is 387 g/mol. The summed E-state index contributed by atoms with van der Waals surface area (Å²) in [5, 5.41) is 22.7. The minimum atomic E-state index is -0.932. The fraction of sp³-hybridized carbons (Fsp3) is 0.571. The van der Waals surface area contributed by atoms with Gasteiger partial charge in [0.1, 0.15) is 11.1 Å². The van der Waals surface area contributed by atoms with Crippen LogP contribution in [-0.4, -0.2) is 17.0 Å². The molecule has 5 nitrogen and oxygen atoms in total. The van der Waals surface area contributed by atoms with E-state index in [4.69, 9.17) is 0 Å². The summed E-state index contributed by atoms with van der Waals surface area (Å²) >= 11 is 1.50. The van der Waals surface area contributed by atoms with Crippen LogP contribution in [0.2, 0.25) is 0 Å². The third-order valence-corrected chi connectivity index (χ3v) is 7.38. The topological polar surface area (TPSA) is 90.2 Å². The van der Waals surface area contributed by atoms with Crippen molar-refractivity contribution in [3.63, 3.8) is 0 Å². The molecule has 0 spiro atoms. The molecule has 6 heteroatoms. The van der Waals surface area contributed by atoms with Gasteiger partial charge in [-0.25, -0.2) is 0 Å². The fourth-order valence-electron chi connectivity index (χ4n) is 4.24. The number of carbonyl (C=O) groups is 2. The summed E-state index contributed by atoms with van der Waals surface area (Å²) in [7, 11) is 0. The molecule has 2 aliphatic rings. The van der Waals surface area contributed by atoms with E-state index in [-0.39, 0.29) is 5.91 Å². The van der Waals surface area contributed by atoms with Crippen molar-refractivity contribution < 1.29 is 14.7 Å². The van der Waals surface area contributed by atoms with E-state index in [2.05, 4.69) is 18.3 Å². The molecule has 0 bridgehead atoms. The second kappa shape index (κ2) is 7.85. The van der Waals surface area contributed by atoms with E-state index in [1.54, 1.807) is 0 Å². The van der Waals surface area contributed by atoms with E-state index in [0.717, 1.165) is 42.4 Å². The molecular formula is C21H26N2O3S. The summed E-state index contributed by atoms with van der Waals surface area (Å²) in [5.74, 6) is -1.88. The zero-order valence-electron chi connectivity index (χ0n) is 16.1. The minimum Gasteiger partial charge on any atom is -0.481 e. The van der Waals surface area contributed by atoms with Crippen molar-refractivity contribution in [2.75, 3.05) is 5.32 Å². The quantitative estimate of drug-likeness (QED) is 0.744. The van der Waals surface area contributed by atoms with E-state index in [1.807, 2.05) is 13.8 Å². The molecular weight excluding hydrogens is 360 g/mol. The summed E-state index contributed by atoms with van der Waals surface area (Å²) in [6.07, 6.45) is 4.90. The van der Waals surface area contributed by atoms with E-state index in [1.165, 1.54) is 16.2 Å². The van der Waals surface area contributed by atoms with Crippen molar-refractivity contribution >= 4 is 28.2 Å². The summed E-state index contributed by atoms with van der Waals surface area (Å²) in [5.41, 5.74) is 3.79. The highest BCUT2D eigenvalue weighted by atomic mass is 32.1. The number of aliphatic carboxylic acids is 1. The molecule has 0 unspecified atom stereocenters. The maximum absolute atomic E-state index is 12.9. The fourth-order valence-corrected chi connectivity index (χ4v) is 5.56. The molecule has 0 aliphatic heterocycles. The van der Waals surface area contributed by atoms with Crippen LogP contribution in [0.3, 0.4) is 0 Å². The Bertz CT molecular complexity index is 846. The Morgan fingerprint density at radius 3 is 2.48 bits per heavy atom. The number of carbonyl (C=O) groups excluding carboxylic acids is 1. The third kappa shape index (κ3) is 3.79. The summed E-state index contributed by atoms with van der Waals surface area (Å²) in [4.78, 5) is 25.8. The van der Waals surface area contributed by atoms with E-state index >= 15 is 0 Å². The van der Waals surface area contributed by atoms with Gasteiger partial charge in [0.15, 0.2) is 0 Å². The van der Waals surface area contributed by atoms with Crippen molar-refractivity contribution in [1.82, 2.24) is 0 Å². The molecule has 27 heavy (non-hydrogen) atoms. The van der Waals surface area contributed by atoms with Gasteiger partial charge >= 0.3 is 5.97 Å². The number of amides is 1. The first-order chi connectivity index (χ1) is 12.8. The predicted molar refractivity (Wildman–Crippen MR) is 106 cm³/mol. The summed E-state index contributed by atoms with van der Waals surface area (Å²) < 4.78 is 0. The number of anilines is 1. The Hall–Kier alpha value is -2.13. The lowest BCUT2D eigenvalue weighted by Gasteiger charge is -2.29. The number of nitriles is 1. The second-order valence-electron chi connectivity index (χ2n) is 7.85. The van der Waals surface area contributed by atoms with Crippen LogP contribution in [0.15, 0.2) is 11.1 Å². The Kier molecular flexibility index (Phi) is 5.71. The Labute approximate surface area is 164 Å². The van der Waals surface area contributed by atoms with Crippen molar-refractivity contribution in [3.8, 4) is 6.07 Å². The molecule has 2 N–H and O–H groups in total. The molecule has 0 radical (unpaired) electrons. The van der Waals surface area contributed by atoms with Crippen LogP contribution < -0.4 is 5.32 Å². The molecule has 0 fully saturated rings. The first-order valence-electron chi connectivity index (χ1n) is 9.59. The van der Waals surface area contributed by atoms with Crippen LogP contribution in [0.5, 0.6) is 0 Å². The zero-order chi connectivity index (χ0) is 19.7. The molecule has 0 saturated carbocycles. The van der Waals surface area contributed by atoms with Gasteiger partial charge in [-0.2, -0.15) is 5.26 Å². The first kappa shape index (κ1) is 19.6. The molecule has 1 aromatic heterocycles. The molecule has 3 rings (SSSR count). The molecule has 1 aromatic rings. The number of carboxylic acids is 1. The Morgan fingerprint density at radius 1 is 1.22 bits per heavy atom. The van der Waals surface area contributed by atoms with Gasteiger partial charge < -0.3 is 10.4 Å². The number of hydrogen-bond donors (Lipinski definition) is 2. The molecule has 144 valence electrons. The lowest BCUT2D eigenvalue weighted by atomic mass is 9.76. The van der Waals surface area contributed by atoms with Crippen LogP contribution in [0.25, 0.3) is 0 Å². The monoisotopic (exact) mass is 386 g/mol.